The van der Waals surface area contributed by atoms with Crippen molar-refractivity contribution >= 4 is 58.0 Å². The summed E-state index contributed by atoms with van der Waals surface area (Å²) in [5, 5.41) is 3.42. The molecule has 0 radical (unpaired) electrons. The van der Waals surface area contributed by atoms with Crippen molar-refractivity contribution in [1.82, 2.24) is 0 Å². The van der Waals surface area contributed by atoms with Gasteiger partial charge in [0.15, 0.2) is 23.9 Å². The Bertz CT molecular complexity index is 1280. The summed E-state index contributed by atoms with van der Waals surface area (Å²) in [6.07, 6.45) is 3.52. The maximum Gasteiger partial charge on any atom is 0.262 e. The van der Waals surface area contributed by atoms with E-state index < -0.39 is 11.8 Å². The second-order valence-corrected chi connectivity index (χ2v) is 10.1. The lowest BCUT2D eigenvalue weighted by Gasteiger charge is -2.36. The first-order valence-corrected chi connectivity index (χ1v) is 12.8. The summed E-state index contributed by atoms with van der Waals surface area (Å²) < 4.78 is 11.7. The highest BCUT2D eigenvalue weighted by Crippen LogP contribution is 2.49. The van der Waals surface area contributed by atoms with Gasteiger partial charge in [-0.05, 0) is 42.7 Å². The number of hydrogen-bond acceptors (Lipinski definition) is 5. The van der Waals surface area contributed by atoms with Gasteiger partial charge in [-0.3, -0.25) is 14.4 Å². The molecule has 2 aliphatic carbocycles. The number of nitrogens with one attached hydrogen (secondary N) is 1. The summed E-state index contributed by atoms with van der Waals surface area (Å²) in [6, 6.07) is 10.1. The molecule has 0 atom stereocenters. The number of allylic oxidation sites excluding steroid dienone is 4. The number of ketones is 2. The molecule has 1 amide bonds. The largest absolute Gasteiger partial charge is 0.481 e. The van der Waals surface area contributed by atoms with Crippen molar-refractivity contribution in [2.45, 2.75) is 44.4 Å². The number of ether oxygens (including phenoxy) is 2. The van der Waals surface area contributed by atoms with Crippen LogP contribution in [0.3, 0.4) is 0 Å². The van der Waals surface area contributed by atoms with E-state index in [1.807, 2.05) is 0 Å². The van der Waals surface area contributed by atoms with Crippen LogP contribution >= 0.6 is 34.8 Å². The number of halogens is 3. The van der Waals surface area contributed by atoms with Crippen LogP contribution in [0.4, 0.5) is 5.69 Å². The minimum absolute atomic E-state index is 0.0324. The molecule has 0 saturated heterocycles. The molecule has 1 aliphatic heterocycles. The van der Waals surface area contributed by atoms with E-state index in [1.54, 1.807) is 36.4 Å². The van der Waals surface area contributed by atoms with Gasteiger partial charge in [-0.1, -0.05) is 46.9 Å². The molecule has 3 aliphatic rings. The summed E-state index contributed by atoms with van der Waals surface area (Å²) in [5.74, 6) is 0.315. The molecule has 0 unspecified atom stereocenters. The van der Waals surface area contributed by atoms with E-state index in [1.165, 1.54) is 0 Å². The van der Waals surface area contributed by atoms with E-state index in [2.05, 4.69) is 5.32 Å². The average molecular weight is 547 g/mol. The predicted molar refractivity (Wildman–Crippen MR) is 138 cm³/mol. The zero-order valence-electron chi connectivity index (χ0n) is 19.2. The molecule has 0 fully saturated rings. The maximum atomic E-state index is 13.0. The minimum atomic E-state index is -0.586. The van der Waals surface area contributed by atoms with E-state index >= 15 is 0 Å². The summed E-state index contributed by atoms with van der Waals surface area (Å²) >= 11 is 19.2. The normalized spacial score (nSPS) is 18.0. The third kappa shape index (κ3) is 4.77. The molecule has 0 spiro atoms. The van der Waals surface area contributed by atoms with Crippen LogP contribution in [-0.4, -0.2) is 24.1 Å². The number of carbonyl (C=O) groups is 3. The Kier molecular flexibility index (Phi) is 7.11. The second kappa shape index (κ2) is 10.3. The van der Waals surface area contributed by atoms with E-state index in [0.717, 1.165) is 0 Å². The fourth-order valence-electron chi connectivity index (χ4n) is 4.92. The SMILES string of the molecule is O=C(COc1c(Cl)cc(C2C3=C(CCCC3=O)OC3=C2C(=O)CCC3)cc1Cl)Nc1ccccc1Cl. The minimum Gasteiger partial charge on any atom is -0.481 e. The molecule has 1 heterocycles. The fraction of sp³-hybridized carbons (Fsp3) is 0.296. The monoisotopic (exact) mass is 545 g/mol. The van der Waals surface area contributed by atoms with Gasteiger partial charge in [0.05, 0.1) is 20.8 Å². The fourth-order valence-corrected chi connectivity index (χ4v) is 5.72. The van der Waals surface area contributed by atoms with Crippen LogP contribution in [0, 0.1) is 0 Å². The van der Waals surface area contributed by atoms with Gasteiger partial charge in [0.2, 0.25) is 0 Å². The first kappa shape index (κ1) is 24.9. The van der Waals surface area contributed by atoms with Crippen LogP contribution < -0.4 is 10.1 Å². The van der Waals surface area contributed by atoms with Gasteiger partial charge in [0.25, 0.3) is 5.91 Å². The van der Waals surface area contributed by atoms with Crippen molar-refractivity contribution in [2.24, 2.45) is 0 Å². The molecule has 0 aromatic heterocycles. The van der Waals surface area contributed by atoms with E-state index in [9.17, 15) is 14.4 Å². The Labute approximate surface area is 223 Å². The number of Topliss-reactive ketones (excluding diaryl/α,β-unsaturated/α-hetero) is 2. The number of rotatable bonds is 5. The molecule has 2 aromatic rings. The number of amides is 1. The lowest BCUT2D eigenvalue weighted by Crippen LogP contribution is -2.30. The van der Waals surface area contributed by atoms with E-state index in [0.29, 0.717) is 77.5 Å². The predicted octanol–water partition coefficient (Wildman–Crippen LogP) is 6.79. The van der Waals surface area contributed by atoms with Crippen LogP contribution in [0.2, 0.25) is 15.1 Å². The van der Waals surface area contributed by atoms with Crippen LogP contribution in [-0.2, 0) is 19.1 Å². The van der Waals surface area contributed by atoms with Gasteiger partial charge >= 0.3 is 0 Å². The number of para-hydroxylation sites is 1. The van der Waals surface area contributed by atoms with E-state index in [4.69, 9.17) is 44.3 Å². The Morgan fingerprint density at radius 2 is 1.47 bits per heavy atom. The smallest absolute Gasteiger partial charge is 0.262 e. The van der Waals surface area contributed by atoms with Gasteiger partial charge < -0.3 is 14.8 Å². The zero-order valence-corrected chi connectivity index (χ0v) is 21.4. The first-order valence-electron chi connectivity index (χ1n) is 11.7. The molecular formula is C27H22Cl3NO5. The van der Waals surface area contributed by atoms with Gasteiger partial charge in [0, 0.05) is 42.7 Å². The molecule has 1 N–H and O–H groups in total. The Morgan fingerprint density at radius 1 is 0.889 bits per heavy atom. The average Bonchev–Trinajstić information content (AvgIpc) is 2.84. The Balaban J connectivity index is 1.43. The van der Waals surface area contributed by atoms with Crippen molar-refractivity contribution in [2.75, 3.05) is 11.9 Å². The zero-order chi connectivity index (χ0) is 25.4. The standard InChI is InChI=1S/C27H22Cl3NO5/c28-15-5-1-2-6-18(15)31-23(34)13-35-27-16(29)11-14(12-17(27)30)24-25-19(32)7-3-9-21(25)36-22-10-4-8-20(33)26(22)24/h1-2,5-6,11-12,24H,3-4,7-10,13H2,(H,31,34). The van der Waals surface area contributed by atoms with Crippen LogP contribution in [0.25, 0.3) is 0 Å². The van der Waals surface area contributed by atoms with Crippen LogP contribution in [0.5, 0.6) is 5.75 Å². The topological polar surface area (TPSA) is 81.7 Å². The molecular weight excluding hydrogens is 525 g/mol. The lowest BCUT2D eigenvalue weighted by molar-refractivity contribution is -0.119. The highest BCUT2D eigenvalue weighted by Gasteiger charge is 2.42. The molecule has 0 saturated carbocycles. The summed E-state index contributed by atoms with van der Waals surface area (Å²) in [6.45, 7) is -0.344. The van der Waals surface area contributed by atoms with Crippen molar-refractivity contribution in [3.05, 3.63) is 79.7 Å². The quantitative estimate of drug-likeness (QED) is 0.446. The van der Waals surface area contributed by atoms with Crippen LogP contribution in [0.15, 0.2) is 59.1 Å². The molecule has 6 nitrogen and oxygen atoms in total. The number of carbonyl (C=O) groups excluding carboxylic acids is 3. The molecule has 5 rings (SSSR count). The summed E-state index contributed by atoms with van der Waals surface area (Å²) in [7, 11) is 0. The lowest BCUT2D eigenvalue weighted by atomic mass is 9.73. The third-order valence-corrected chi connectivity index (χ3v) is 7.38. The van der Waals surface area contributed by atoms with Crippen molar-refractivity contribution in [3.8, 4) is 5.75 Å². The Hall–Kier alpha value is -2.80. The van der Waals surface area contributed by atoms with Gasteiger partial charge in [0.1, 0.15) is 11.5 Å². The third-order valence-electron chi connectivity index (χ3n) is 6.49. The van der Waals surface area contributed by atoms with Gasteiger partial charge in [-0.2, -0.15) is 0 Å². The first-order chi connectivity index (χ1) is 17.3. The summed E-state index contributed by atoms with van der Waals surface area (Å²) in [4.78, 5) is 38.3. The molecule has 186 valence electrons. The highest BCUT2D eigenvalue weighted by atomic mass is 35.5. The van der Waals surface area contributed by atoms with Gasteiger partial charge in [-0.25, -0.2) is 0 Å². The maximum absolute atomic E-state index is 13.0. The van der Waals surface area contributed by atoms with Crippen molar-refractivity contribution in [3.63, 3.8) is 0 Å². The number of hydrogen-bond donors (Lipinski definition) is 1. The highest BCUT2D eigenvalue weighted by molar-refractivity contribution is 6.37. The number of benzene rings is 2. The Morgan fingerprint density at radius 3 is 2.06 bits per heavy atom. The number of anilines is 1. The van der Waals surface area contributed by atoms with Crippen LogP contribution in [0.1, 0.15) is 50.0 Å². The van der Waals surface area contributed by atoms with Gasteiger partial charge in [-0.15, -0.1) is 0 Å². The molecule has 2 aromatic carbocycles. The van der Waals surface area contributed by atoms with Crippen molar-refractivity contribution < 1.29 is 23.9 Å². The van der Waals surface area contributed by atoms with Crippen molar-refractivity contribution in [1.29, 1.82) is 0 Å². The second-order valence-electron chi connectivity index (χ2n) is 8.89. The molecule has 36 heavy (non-hydrogen) atoms. The summed E-state index contributed by atoms with van der Waals surface area (Å²) in [5.41, 5.74) is 2.10. The molecule has 0 bridgehead atoms. The molecule has 9 heteroatoms. The van der Waals surface area contributed by atoms with E-state index in [-0.39, 0.29) is 34.0 Å².